The molecule has 0 radical (unpaired) electrons. The van der Waals surface area contributed by atoms with Crippen molar-refractivity contribution in [3.63, 3.8) is 0 Å². The van der Waals surface area contributed by atoms with Gasteiger partial charge in [-0.3, -0.25) is 4.98 Å². The maximum absolute atomic E-state index is 9.59. The number of aryl methyl sites for hydroxylation is 2. The average molecular weight is 339 g/mol. The zero-order valence-corrected chi connectivity index (χ0v) is 15.2. The third kappa shape index (κ3) is 3.76. The zero-order valence-electron chi connectivity index (χ0n) is 15.2. The van der Waals surface area contributed by atoms with Crippen LogP contribution in [0, 0.1) is 31.1 Å². The van der Waals surface area contributed by atoms with Crippen LogP contribution in [-0.2, 0) is 9.47 Å². The number of nitriles is 1. The summed E-state index contributed by atoms with van der Waals surface area (Å²) in [6, 6.07) is 6.61. The molecule has 5 heteroatoms. The van der Waals surface area contributed by atoms with Crippen LogP contribution < -0.4 is 4.90 Å². The summed E-state index contributed by atoms with van der Waals surface area (Å²) < 4.78 is 10.7. The van der Waals surface area contributed by atoms with Gasteiger partial charge in [0.2, 0.25) is 0 Å². The maximum atomic E-state index is 9.59. The molecule has 1 unspecified atom stereocenters. The fourth-order valence-electron chi connectivity index (χ4n) is 3.63. The highest BCUT2D eigenvalue weighted by Gasteiger charge is 2.26. The first-order valence-corrected chi connectivity index (χ1v) is 8.75. The first kappa shape index (κ1) is 17.7. The topological polar surface area (TPSA) is 58.4 Å². The molecule has 3 rings (SSSR count). The van der Waals surface area contributed by atoms with Crippen molar-refractivity contribution in [2.75, 3.05) is 44.9 Å². The molecule has 2 aromatic rings. The highest BCUT2D eigenvalue weighted by atomic mass is 16.5. The molecule has 2 heterocycles. The third-order valence-electron chi connectivity index (χ3n) is 4.79. The Labute approximate surface area is 149 Å². The summed E-state index contributed by atoms with van der Waals surface area (Å²) in [5.74, 6) is 0.484. The van der Waals surface area contributed by atoms with Gasteiger partial charge in [-0.2, -0.15) is 5.26 Å². The van der Waals surface area contributed by atoms with Crippen LogP contribution in [0.4, 0.5) is 5.69 Å². The molecular formula is C20H25N3O2. The molecule has 1 aromatic carbocycles. The number of pyridine rings is 1. The van der Waals surface area contributed by atoms with Crippen molar-refractivity contribution in [1.29, 1.82) is 5.26 Å². The quantitative estimate of drug-likeness (QED) is 0.756. The molecule has 1 aliphatic heterocycles. The lowest BCUT2D eigenvalue weighted by atomic mass is 10.0. The van der Waals surface area contributed by atoms with Crippen molar-refractivity contribution in [2.45, 2.75) is 20.3 Å². The Bertz CT molecular complexity index is 798. The van der Waals surface area contributed by atoms with E-state index < -0.39 is 0 Å². The molecule has 0 spiro atoms. The number of rotatable bonds is 6. The third-order valence-corrected chi connectivity index (χ3v) is 4.79. The molecule has 1 atom stereocenters. The molecule has 1 fully saturated rings. The van der Waals surface area contributed by atoms with E-state index >= 15 is 0 Å². The monoisotopic (exact) mass is 339 g/mol. The van der Waals surface area contributed by atoms with Gasteiger partial charge in [0.05, 0.1) is 36.6 Å². The predicted octanol–water partition coefficient (Wildman–Crippen LogP) is 3.21. The van der Waals surface area contributed by atoms with Gasteiger partial charge in [-0.05, 0) is 31.9 Å². The van der Waals surface area contributed by atoms with Crippen LogP contribution in [0.3, 0.4) is 0 Å². The molecule has 0 amide bonds. The number of fused-ring (bicyclic) bond motifs is 1. The van der Waals surface area contributed by atoms with E-state index in [2.05, 4.69) is 41.9 Å². The molecule has 0 N–H and O–H groups in total. The summed E-state index contributed by atoms with van der Waals surface area (Å²) in [5, 5.41) is 10.7. The molecule has 0 aliphatic carbocycles. The predicted molar refractivity (Wildman–Crippen MR) is 98.9 cm³/mol. The van der Waals surface area contributed by atoms with Crippen LogP contribution in [0.25, 0.3) is 10.9 Å². The van der Waals surface area contributed by atoms with Gasteiger partial charge in [-0.15, -0.1) is 0 Å². The normalized spacial score (nSPS) is 17.2. The number of benzene rings is 1. The van der Waals surface area contributed by atoms with Gasteiger partial charge in [-0.25, -0.2) is 0 Å². The molecule has 5 nitrogen and oxygen atoms in total. The molecule has 1 saturated heterocycles. The fourth-order valence-corrected chi connectivity index (χ4v) is 3.63. The summed E-state index contributed by atoms with van der Waals surface area (Å²) in [5.41, 5.74) is 5.01. The Morgan fingerprint density at radius 2 is 2.16 bits per heavy atom. The van der Waals surface area contributed by atoms with Crippen molar-refractivity contribution in [3.05, 3.63) is 35.0 Å². The van der Waals surface area contributed by atoms with Crippen LogP contribution in [-0.4, -0.2) is 45.0 Å². The Hall–Kier alpha value is -2.16. The Morgan fingerprint density at radius 3 is 2.92 bits per heavy atom. The van der Waals surface area contributed by atoms with Crippen molar-refractivity contribution in [3.8, 4) is 6.07 Å². The first-order valence-electron chi connectivity index (χ1n) is 8.75. The van der Waals surface area contributed by atoms with Crippen molar-refractivity contribution in [1.82, 2.24) is 4.98 Å². The number of ether oxygens (including phenoxy) is 2. The summed E-state index contributed by atoms with van der Waals surface area (Å²) in [6.07, 6.45) is 2.79. The summed E-state index contributed by atoms with van der Waals surface area (Å²) in [7, 11) is 1.68. The maximum Gasteiger partial charge on any atom is 0.103 e. The number of hydrogen-bond donors (Lipinski definition) is 0. The molecular weight excluding hydrogens is 314 g/mol. The highest BCUT2D eigenvalue weighted by Crippen LogP contribution is 2.34. The van der Waals surface area contributed by atoms with E-state index in [-0.39, 0.29) is 0 Å². The van der Waals surface area contributed by atoms with E-state index in [4.69, 9.17) is 9.47 Å². The largest absolute Gasteiger partial charge is 0.382 e. The number of aromatic nitrogens is 1. The summed E-state index contributed by atoms with van der Waals surface area (Å²) in [6.45, 7) is 8.02. The van der Waals surface area contributed by atoms with Crippen molar-refractivity contribution >= 4 is 16.6 Å². The lowest BCUT2D eigenvalue weighted by Gasteiger charge is -2.22. The van der Waals surface area contributed by atoms with Gasteiger partial charge in [0.25, 0.3) is 0 Å². The molecule has 1 aromatic heterocycles. The Kier molecular flexibility index (Phi) is 5.52. The van der Waals surface area contributed by atoms with E-state index in [1.54, 1.807) is 13.3 Å². The van der Waals surface area contributed by atoms with E-state index in [9.17, 15) is 5.26 Å². The lowest BCUT2D eigenvalue weighted by Crippen LogP contribution is -2.23. The summed E-state index contributed by atoms with van der Waals surface area (Å²) in [4.78, 5) is 6.85. The van der Waals surface area contributed by atoms with Crippen LogP contribution in [0.2, 0.25) is 0 Å². The van der Waals surface area contributed by atoms with E-state index in [0.29, 0.717) is 24.7 Å². The molecule has 25 heavy (non-hydrogen) atoms. The van der Waals surface area contributed by atoms with Gasteiger partial charge >= 0.3 is 0 Å². The Balaban J connectivity index is 1.87. The molecule has 132 valence electrons. The van der Waals surface area contributed by atoms with E-state index in [0.717, 1.165) is 48.3 Å². The Morgan fingerprint density at radius 1 is 1.32 bits per heavy atom. The van der Waals surface area contributed by atoms with Crippen LogP contribution in [0.1, 0.15) is 23.1 Å². The van der Waals surface area contributed by atoms with Gasteiger partial charge in [0.1, 0.15) is 6.07 Å². The number of methoxy groups -OCH3 is 1. The standard InChI is InChI=1S/C20H25N3O2/c1-14-8-15(2)19-18(9-14)20(17(10-21)11-22-19)23-5-4-16(12-23)13-25-7-6-24-3/h8-9,11,16H,4-7,12-13H2,1-3H3. The van der Waals surface area contributed by atoms with Gasteiger partial charge in [0.15, 0.2) is 0 Å². The zero-order chi connectivity index (χ0) is 17.8. The second-order valence-corrected chi connectivity index (χ2v) is 6.78. The SMILES string of the molecule is COCCOCC1CCN(c2c(C#N)cnc3c(C)cc(C)cc23)C1. The fraction of sp³-hybridized carbons (Fsp3) is 0.500. The highest BCUT2D eigenvalue weighted by molar-refractivity contribution is 5.96. The van der Waals surface area contributed by atoms with Gasteiger partial charge < -0.3 is 14.4 Å². The van der Waals surface area contributed by atoms with Crippen LogP contribution >= 0.6 is 0 Å². The summed E-state index contributed by atoms with van der Waals surface area (Å²) >= 11 is 0. The van der Waals surface area contributed by atoms with Crippen molar-refractivity contribution in [2.24, 2.45) is 5.92 Å². The van der Waals surface area contributed by atoms with Gasteiger partial charge in [0, 0.05) is 37.7 Å². The second-order valence-electron chi connectivity index (χ2n) is 6.78. The van der Waals surface area contributed by atoms with E-state index in [1.807, 2.05) is 0 Å². The molecule has 0 bridgehead atoms. The van der Waals surface area contributed by atoms with Crippen LogP contribution in [0.5, 0.6) is 0 Å². The molecule has 0 saturated carbocycles. The first-order chi connectivity index (χ1) is 12.1. The number of hydrogen-bond acceptors (Lipinski definition) is 5. The lowest BCUT2D eigenvalue weighted by molar-refractivity contribution is 0.0549. The molecule has 1 aliphatic rings. The average Bonchev–Trinajstić information content (AvgIpc) is 3.06. The van der Waals surface area contributed by atoms with E-state index in [1.165, 1.54) is 5.56 Å². The van der Waals surface area contributed by atoms with Crippen molar-refractivity contribution < 1.29 is 9.47 Å². The van der Waals surface area contributed by atoms with Gasteiger partial charge in [-0.1, -0.05) is 11.6 Å². The smallest absolute Gasteiger partial charge is 0.103 e. The minimum Gasteiger partial charge on any atom is -0.382 e. The van der Waals surface area contributed by atoms with Crippen LogP contribution in [0.15, 0.2) is 18.3 Å². The number of nitrogens with zero attached hydrogens (tertiary/aromatic N) is 3. The minimum absolute atomic E-state index is 0.484. The number of anilines is 1. The minimum atomic E-state index is 0.484. The second kappa shape index (κ2) is 7.81.